The molecule has 1 aromatic rings. The van der Waals surface area contributed by atoms with Gasteiger partial charge in [-0.1, -0.05) is 41.1 Å². The van der Waals surface area contributed by atoms with Gasteiger partial charge >= 0.3 is 0 Å². The molecule has 0 saturated carbocycles. The molecular weight excluding hydrogens is 332 g/mol. The molecule has 0 radical (unpaired) electrons. The second-order valence-electron chi connectivity index (χ2n) is 5.91. The van der Waals surface area contributed by atoms with Gasteiger partial charge in [-0.25, -0.2) is 0 Å². The van der Waals surface area contributed by atoms with Gasteiger partial charge in [0.15, 0.2) is 0 Å². The number of piperidine rings is 1. The number of carbonyl (C=O) groups excluding carboxylic acids is 1. The quantitative estimate of drug-likeness (QED) is 0.900. The summed E-state index contributed by atoms with van der Waals surface area (Å²) in [5, 5.41) is 9.74. The fourth-order valence-corrected chi connectivity index (χ4v) is 3.06. The van der Waals surface area contributed by atoms with E-state index in [1.165, 1.54) is 0 Å². The van der Waals surface area contributed by atoms with Crippen molar-refractivity contribution in [3.8, 4) is 0 Å². The number of halogens is 1. The Morgan fingerprint density at radius 3 is 2.86 bits per heavy atom. The molecule has 0 spiro atoms. The van der Waals surface area contributed by atoms with Gasteiger partial charge < -0.3 is 10.0 Å². The van der Waals surface area contributed by atoms with Crippen molar-refractivity contribution in [2.24, 2.45) is 5.92 Å². The molecule has 1 aromatic carbocycles. The van der Waals surface area contributed by atoms with Gasteiger partial charge in [0, 0.05) is 31.2 Å². The van der Waals surface area contributed by atoms with Gasteiger partial charge in [-0.3, -0.25) is 9.69 Å². The predicted molar refractivity (Wildman–Crippen MR) is 86.8 cm³/mol. The molecule has 2 rings (SSSR count). The maximum absolute atomic E-state index is 12.3. The molecule has 5 heteroatoms. The number of aliphatic hydroxyl groups is 1. The van der Waals surface area contributed by atoms with Crippen LogP contribution < -0.4 is 0 Å². The van der Waals surface area contributed by atoms with Gasteiger partial charge in [0.1, 0.15) is 0 Å². The van der Waals surface area contributed by atoms with E-state index in [0.717, 1.165) is 29.5 Å². The van der Waals surface area contributed by atoms with Crippen LogP contribution in [0.2, 0.25) is 0 Å². The van der Waals surface area contributed by atoms with Crippen LogP contribution in [0.4, 0.5) is 0 Å². The lowest BCUT2D eigenvalue weighted by atomic mass is 9.97. The van der Waals surface area contributed by atoms with Crippen LogP contribution in [0.5, 0.6) is 0 Å². The maximum Gasteiger partial charge on any atom is 0.236 e. The Morgan fingerprint density at radius 2 is 2.19 bits per heavy atom. The number of rotatable bonds is 4. The predicted octanol–water partition coefficient (Wildman–Crippen LogP) is 2.11. The van der Waals surface area contributed by atoms with E-state index < -0.39 is 0 Å². The van der Waals surface area contributed by atoms with Gasteiger partial charge in [0.2, 0.25) is 5.91 Å². The third-order valence-corrected chi connectivity index (χ3v) is 4.87. The van der Waals surface area contributed by atoms with E-state index in [0.29, 0.717) is 13.1 Å². The standard InChI is InChI=1S/C16H23BrN2O2/c1-12-9-19(8-7-15(12)20)11-16(21)18(2)10-13-5-3-4-6-14(13)17/h3-6,12,15,20H,7-11H2,1-2H3. The van der Waals surface area contributed by atoms with E-state index >= 15 is 0 Å². The lowest BCUT2D eigenvalue weighted by Gasteiger charge is -2.34. The molecule has 1 saturated heterocycles. The Morgan fingerprint density at radius 1 is 1.48 bits per heavy atom. The molecule has 4 nitrogen and oxygen atoms in total. The lowest BCUT2D eigenvalue weighted by Crippen LogP contribution is -2.46. The van der Waals surface area contributed by atoms with Crippen molar-refractivity contribution >= 4 is 21.8 Å². The Balaban J connectivity index is 1.87. The second-order valence-corrected chi connectivity index (χ2v) is 6.76. The first-order valence-corrected chi connectivity index (χ1v) is 8.14. The summed E-state index contributed by atoms with van der Waals surface area (Å²) in [6.45, 7) is 4.65. The normalized spacial score (nSPS) is 23.0. The molecule has 1 aliphatic heterocycles. The summed E-state index contributed by atoms with van der Waals surface area (Å²) in [6.07, 6.45) is 0.525. The van der Waals surface area contributed by atoms with E-state index in [2.05, 4.69) is 20.8 Å². The summed E-state index contributed by atoms with van der Waals surface area (Å²) in [4.78, 5) is 16.2. The van der Waals surface area contributed by atoms with E-state index in [-0.39, 0.29) is 17.9 Å². The van der Waals surface area contributed by atoms with E-state index in [1.807, 2.05) is 38.2 Å². The molecule has 1 aliphatic rings. The number of likely N-dealkylation sites (tertiary alicyclic amines) is 1. The zero-order chi connectivity index (χ0) is 15.4. The molecule has 2 unspecified atom stereocenters. The van der Waals surface area contributed by atoms with Crippen LogP contribution in [0.3, 0.4) is 0 Å². The number of carbonyl (C=O) groups is 1. The van der Waals surface area contributed by atoms with Crippen LogP contribution in [0, 0.1) is 5.92 Å². The SMILES string of the molecule is CC1CN(CC(=O)N(C)Cc2ccccc2Br)CCC1O. The van der Waals surface area contributed by atoms with Gasteiger partial charge in [-0.15, -0.1) is 0 Å². The number of nitrogens with zero attached hydrogens (tertiary/aromatic N) is 2. The summed E-state index contributed by atoms with van der Waals surface area (Å²) >= 11 is 3.51. The van der Waals surface area contributed by atoms with Crippen molar-refractivity contribution < 1.29 is 9.90 Å². The third-order valence-electron chi connectivity index (χ3n) is 4.09. The summed E-state index contributed by atoms with van der Waals surface area (Å²) in [7, 11) is 1.84. The summed E-state index contributed by atoms with van der Waals surface area (Å²) < 4.78 is 1.03. The van der Waals surface area contributed by atoms with Crippen LogP contribution in [-0.2, 0) is 11.3 Å². The Hall–Kier alpha value is -0.910. The van der Waals surface area contributed by atoms with Crippen molar-refractivity contribution in [1.29, 1.82) is 0 Å². The minimum atomic E-state index is -0.227. The largest absolute Gasteiger partial charge is 0.393 e. The first-order chi connectivity index (χ1) is 9.97. The van der Waals surface area contributed by atoms with Crippen LogP contribution in [-0.4, -0.2) is 53.6 Å². The average molecular weight is 355 g/mol. The van der Waals surface area contributed by atoms with Crippen LogP contribution in [0.15, 0.2) is 28.7 Å². The van der Waals surface area contributed by atoms with Crippen molar-refractivity contribution in [3.05, 3.63) is 34.3 Å². The van der Waals surface area contributed by atoms with E-state index in [9.17, 15) is 9.90 Å². The fourth-order valence-electron chi connectivity index (χ4n) is 2.65. The molecule has 2 atom stereocenters. The van der Waals surface area contributed by atoms with E-state index in [4.69, 9.17) is 0 Å². The summed E-state index contributed by atoms with van der Waals surface area (Å²) in [5.74, 6) is 0.356. The highest BCUT2D eigenvalue weighted by Gasteiger charge is 2.26. The van der Waals surface area contributed by atoms with E-state index in [1.54, 1.807) is 4.90 Å². The molecule has 1 fully saturated rings. The molecule has 1 N–H and O–H groups in total. The van der Waals surface area contributed by atoms with Gasteiger partial charge in [-0.05, 0) is 24.0 Å². The zero-order valence-electron chi connectivity index (χ0n) is 12.6. The van der Waals surface area contributed by atoms with Gasteiger partial charge in [0.05, 0.1) is 12.6 Å². The first kappa shape index (κ1) is 16.5. The Kier molecular flexibility index (Phi) is 5.79. The monoisotopic (exact) mass is 354 g/mol. The number of benzene rings is 1. The Labute approximate surface area is 134 Å². The minimum absolute atomic E-state index is 0.120. The molecule has 1 amide bonds. The zero-order valence-corrected chi connectivity index (χ0v) is 14.2. The second kappa shape index (κ2) is 7.38. The Bertz CT molecular complexity index is 495. The topological polar surface area (TPSA) is 43.8 Å². The molecule has 0 bridgehead atoms. The van der Waals surface area contributed by atoms with Crippen LogP contribution >= 0.6 is 15.9 Å². The maximum atomic E-state index is 12.3. The molecule has 0 aliphatic carbocycles. The van der Waals surface area contributed by atoms with Crippen molar-refractivity contribution in [2.45, 2.75) is 26.0 Å². The number of hydrogen-bond donors (Lipinski definition) is 1. The molecule has 116 valence electrons. The first-order valence-electron chi connectivity index (χ1n) is 7.35. The highest BCUT2D eigenvalue weighted by atomic mass is 79.9. The lowest BCUT2D eigenvalue weighted by molar-refractivity contribution is -0.132. The number of hydrogen-bond acceptors (Lipinski definition) is 3. The average Bonchev–Trinajstić information content (AvgIpc) is 2.45. The van der Waals surface area contributed by atoms with Gasteiger partial charge in [0.25, 0.3) is 0 Å². The van der Waals surface area contributed by atoms with Gasteiger partial charge in [-0.2, -0.15) is 0 Å². The molecule has 1 heterocycles. The number of amides is 1. The highest BCUT2D eigenvalue weighted by molar-refractivity contribution is 9.10. The molecule has 0 aromatic heterocycles. The van der Waals surface area contributed by atoms with Crippen molar-refractivity contribution in [1.82, 2.24) is 9.80 Å². The highest BCUT2D eigenvalue weighted by Crippen LogP contribution is 2.18. The summed E-state index contributed by atoms with van der Waals surface area (Å²) in [5.41, 5.74) is 1.11. The molecular formula is C16H23BrN2O2. The van der Waals surface area contributed by atoms with Crippen LogP contribution in [0.25, 0.3) is 0 Å². The number of aliphatic hydroxyl groups excluding tert-OH is 1. The van der Waals surface area contributed by atoms with Crippen molar-refractivity contribution in [2.75, 3.05) is 26.7 Å². The summed E-state index contributed by atoms with van der Waals surface area (Å²) in [6, 6.07) is 7.95. The smallest absolute Gasteiger partial charge is 0.236 e. The van der Waals surface area contributed by atoms with Crippen LogP contribution in [0.1, 0.15) is 18.9 Å². The minimum Gasteiger partial charge on any atom is -0.393 e. The van der Waals surface area contributed by atoms with Crippen molar-refractivity contribution in [3.63, 3.8) is 0 Å². The fraction of sp³-hybridized carbons (Fsp3) is 0.562. The third kappa shape index (κ3) is 4.53. The number of likely N-dealkylation sites (N-methyl/N-ethyl adjacent to an activating group) is 1. The molecule has 21 heavy (non-hydrogen) atoms.